The monoisotopic (exact) mass is 226 g/mol. The van der Waals surface area contributed by atoms with Gasteiger partial charge in [-0.25, -0.2) is 0 Å². The Hall–Kier alpha value is -3.06. The van der Waals surface area contributed by atoms with Gasteiger partial charge in [-0.3, -0.25) is 10.5 Å². The van der Waals surface area contributed by atoms with Crippen molar-refractivity contribution in [3.8, 4) is 17.9 Å². The number of rotatable bonds is 2. The van der Waals surface area contributed by atoms with Crippen molar-refractivity contribution in [2.24, 2.45) is 5.10 Å². The summed E-state index contributed by atoms with van der Waals surface area (Å²) in [6.45, 7) is 0. The Bertz CT molecular complexity index is 656. The fraction of sp³-hybridized carbons (Fsp3) is 0. The summed E-state index contributed by atoms with van der Waals surface area (Å²) in [7, 11) is 0. The highest BCUT2D eigenvalue weighted by Crippen LogP contribution is 2.28. The number of phenols is 1. The maximum Gasteiger partial charge on any atom is 0.237 e. The number of nitrogens with zero attached hydrogens (tertiary/aromatic N) is 4. The predicted octanol–water partition coefficient (Wildman–Crippen LogP) is 1.08. The topological polar surface area (TPSA) is 121 Å². The molecule has 3 N–H and O–H groups in total. The van der Waals surface area contributed by atoms with Crippen LogP contribution in [0, 0.1) is 22.7 Å². The molecule has 7 heteroatoms. The van der Waals surface area contributed by atoms with Gasteiger partial charge in [0.05, 0.1) is 11.7 Å². The first-order valence-corrected chi connectivity index (χ1v) is 4.54. The molecule has 1 aromatic heterocycles. The van der Waals surface area contributed by atoms with Crippen LogP contribution < -0.4 is 5.43 Å². The number of hydrogen-bond donors (Lipinski definition) is 3. The van der Waals surface area contributed by atoms with Crippen LogP contribution in [-0.4, -0.2) is 21.0 Å². The van der Waals surface area contributed by atoms with Gasteiger partial charge in [0.2, 0.25) is 5.71 Å². The van der Waals surface area contributed by atoms with Gasteiger partial charge in [0, 0.05) is 5.39 Å². The van der Waals surface area contributed by atoms with Crippen molar-refractivity contribution in [2.45, 2.75) is 0 Å². The first-order valence-electron chi connectivity index (χ1n) is 4.54. The Morgan fingerprint density at radius 3 is 2.88 bits per heavy atom. The molecule has 1 aromatic carbocycles. The Morgan fingerprint density at radius 1 is 1.41 bits per heavy atom. The van der Waals surface area contributed by atoms with Gasteiger partial charge in [0.15, 0.2) is 0 Å². The van der Waals surface area contributed by atoms with Crippen LogP contribution >= 0.6 is 0 Å². The average molecular weight is 226 g/mol. The smallest absolute Gasteiger partial charge is 0.237 e. The lowest BCUT2D eigenvalue weighted by atomic mass is 10.2. The zero-order valence-corrected chi connectivity index (χ0v) is 8.47. The number of benzene rings is 1. The lowest BCUT2D eigenvalue weighted by Gasteiger charge is -2.02. The van der Waals surface area contributed by atoms with Crippen LogP contribution in [0.3, 0.4) is 0 Å². The maximum atomic E-state index is 9.65. The van der Waals surface area contributed by atoms with E-state index in [1.807, 2.05) is 0 Å². The Kier molecular flexibility index (Phi) is 2.59. The number of nitrogens with one attached hydrogen (secondary N) is 2. The highest BCUT2D eigenvalue weighted by atomic mass is 16.3. The van der Waals surface area contributed by atoms with E-state index in [-0.39, 0.29) is 17.1 Å². The predicted molar refractivity (Wildman–Crippen MR) is 60.0 cm³/mol. The molecule has 0 aliphatic heterocycles. The number of aromatic hydroxyl groups is 1. The van der Waals surface area contributed by atoms with Gasteiger partial charge < -0.3 is 5.11 Å². The van der Waals surface area contributed by atoms with E-state index in [1.54, 1.807) is 24.4 Å². The molecule has 0 unspecified atom stereocenters. The standard InChI is InChI=1S/C10H6N6O/c11-3-7(4-12)14-16-9-2-8-6(1-10(9)17)5-13-15-8/h1-2,5,16-17H,(H,13,15). The van der Waals surface area contributed by atoms with Crippen molar-refractivity contribution in [3.63, 3.8) is 0 Å². The summed E-state index contributed by atoms with van der Waals surface area (Å²) in [6, 6.07) is 6.27. The molecule has 0 radical (unpaired) electrons. The number of phenolic OH excluding ortho intramolecular Hbond substituents is 1. The third kappa shape index (κ3) is 1.98. The molecule has 0 aliphatic carbocycles. The molecule has 0 aliphatic rings. The molecule has 1 heterocycles. The molecule has 0 amide bonds. The van der Waals surface area contributed by atoms with E-state index < -0.39 is 0 Å². The van der Waals surface area contributed by atoms with Crippen LogP contribution in [-0.2, 0) is 0 Å². The van der Waals surface area contributed by atoms with Gasteiger partial charge >= 0.3 is 0 Å². The van der Waals surface area contributed by atoms with Crippen LogP contribution in [0.5, 0.6) is 5.75 Å². The summed E-state index contributed by atoms with van der Waals surface area (Å²) < 4.78 is 0. The van der Waals surface area contributed by atoms with Crippen LogP contribution in [0.25, 0.3) is 10.9 Å². The number of hydrazone groups is 1. The minimum absolute atomic E-state index is 0.0436. The molecule has 0 fully saturated rings. The Morgan fingerprint density at radius 2 is 2.18 bits per heavy atom. The summed E-state index contributed by atoms with van der Waals surface area (Å²) >= 11 is 0. The van der Waals surface area contributed by atoms with Gasteiger partial charge in [0.25, 0.3) is 0 Å². The first kappa shape index (κ1) is 10.5. The second-order valence-electron chi connectivity index (χ2n) is 3.12. The summed E-state index contributed by atoms with van der Waals surface area (Å²) in [6.07, 6.45) is 1.57. The SMILES string of the molecule is N#CC(C#N)=NNc1cc2[nH]ncc2cc1O. The number of H-pyrrole nitrogens is 1. The van der Waals surface area contributed by atoms with E-state index in [0.717, 1.165) is 5.39 Å². The molecule has 17 heavy (non-hydrogen) atoms. The van der Waals surface area contributed by atoms with Crippen LogP contribution in [0.1, 0.15) is 0 Å². The second-order valence-corrected chi connectivity index (χ2v) is 3.12. The fourth-order valence-corrected chi connectivity index (χ4v) is 1.26. The fourth-order valence-electron chi connectivity index (χ4n) is 1.26. The van der Waals surface area contributed by atoms with E-state index in [0.29, 0.717) is 5.52 Å². The maximum absolute atomic E-state index is 9.65. The zero-order valence-electron chi connectivity index (χ0n) is 8.47. The Labute approximate surface area is 95.6 Å². The lowest BCUT2D eigenvalue weighted by molar-refractivity contribution is 0.478. The minimum Gasteiger partial charge on any atom is -0.506 e. The molecule has 0 atom stereocenters. The molecular formula is C10H6N6O. The highest BCUT2D eigenvalue weighted by molar-refractivity contribution is 6.10. The highest BCUT2D eigenvalue weighted by Gasteiger charge is 2.05. The molecule has 82 valence electrons. The summed E-state index contributed by atoms with van der Waals surface area (Å²) in [4.78, 5) is 0. The number of aromatic amines is 1. The molecule has 0 saturated carbocycles. The molecular weight excluding hydrogens is 220 g/mol. The normalized spacial score (nSPS) is 9.29. The first-order chi connectivity index (χ1) is 8.24. The van der Waals surface area contributed by atoms with E-state index in [4.69, 9.17) is 10.5 Å². The molecule has 0 spiro atoms. The van der Waals surface area contributed by atoms with Gasteiger partial charge in [-0.1, -0.05) is 0 Å². The Balaban J connectivity index is 2.37. The number of hydrogen-bond acceptors (Lipinski definition) is 6. The van der Waals surface area contributed by atoms with Crippen molar-refractivity contribution >= 4 is 22.3 Å². The van der Waals surface area contributed by atoms with Gasteiger partial charge in [0.1, 0.15) is 23.6 Å². The second kappa shape index (κ2) is 4.21. The number of fused-ring (bicyclic) bond motifs is 1. The number of aromatic nitrogens is 2. The van der Waals surface area contributed by atoms with E-state index in [2.05, 4.69) is 20.7 Å². The van der Waals surface area contributed by atoms with Crippen LogP contribution in [0.4, 0.5) is 5.69 Å². The van der Waals surface area contributed by atoms with Crippen molar-refractivity contribution in [2.75, 3.05) is 5.43 Å². The summed E-state index contributed by atoms with van der Waals surface area (Å²) in [5.41, 5.74) is 3.10. The minimum atomic E-state index is -0.325. The summed E-state index contributed by atoms with van der Waals surface area (Å²) in [5.74, 6) is -0.0436. The lowest BCUT2D eigenvalue weighted by Crippen LogP contribution is -1.96. The van der Waals surface area contributed by atoms with Crippen LogP contribution in [0.15, 0.2) is 23.4 Å². The quantitative estimate of drug-likeness (QED) is 0.402. The zero-order chi connectivity index (χ0) is 12.3. The molecule has 0 saturated heterocycles. The van der Waals surface area contributed by atoms with Gasteiger partial charge in [-0.15, -0.1) is 0 Å². The van der Waals surface area contributed by atoms with Gasteiger partial charge in [-0.2, -0.15) is 20.7 Å². The van der Waals surface area contributed by atoms with Crippen molar-refractivity contribution in [3.05, 3.63) is 18.3 Å². The van der Waals surface area contributed by atoms with Crippen molar-refractivity contribution < 1.29 is 5.11 Å². The van der Waals surface area contributed by atoms with E-state index in [9.17, 15) is 5.11 Å². The van der Waals surface area contributed by atoms with E-state index in [1.165, 1.54) is 6.07 Å². The molecule has 0 bridgehead atoms. The van der Waals surface area contributed by atoms with E-state index >= 15 is 0 Å². The molecule has 2 aromatic rings. The third-order valence-electron chi connectivity index (χ3n) is 2.06. The van der Waals surface area contributed by atoms with Crippen LogP contribution in [0.2, 0.25) is 0 Å². The largest absolute Gasteiger partial charge is 0.506 e. The molecule has 7 nitrogen and oxygen atoms in total. The molecule has 2 rings (SSSR count). The summed E-state index contributed by atoms with van der Waals surface area (Å²) in [5, 5.41) is 37.4. The van der Waals surface area contributed by atoms with Crippen molar-refractivity contribution in [1.29, 1.82) is 10.5 Å². The average Bonchev–Trinajstić information content (AvgIpc) is 2.77. The number of anilines is 1. The van der Waals surface area contributed by atoms with Gasteiger partial charge in [-0.05, 0) is 12.1 Å². The third-order valence-corrected chi connectivity index (χ3v) is 2.06. The number of nitriles is 2. The van der Waals surface area contributed by atoms with Crippen molar-refractivity contribution in [1.82, 2.24) is 10.2 Å².